The Morgan fingerprint density at radius 1 is 1.38 bits per heavy atom. The zero-order valence-electron chi connectivity index (χ0n) is 8.71. The second-order valence-corrected chi connectivity index (χ2v) is 4.00. The third kappa shape index (κ3) is 9.76. The smallest absolute Gasteiger partial charge is 0.0897 e. The molecule has 3 N–H and O–H groups in total. The predicted molar refractivity (Wildman–Crippen MR) is 51.7 cm³/mol. The van der Waals surface area contributed by atoms with E-state index in [1.165, 1.54) is 0 Å². The summed E-state index contributed by atoms with van der Waals surface area (Å²) in [6, 6.07) is 0. The van der Waals surface area contributed by atoms with E-state index >= 15 is 0 Å². The Morgan fingerprint density at radius 2 is 2.00 bits per heavy atom. The van der Waals surface area contributed by atoms with E-state index in [9.17, 15) is 5.11 Å². The molecule has 0 amide bonds. The fourth-order valence-electron chi connectivity index (χ4n) is 0.753. The number of ether oxygens (including phenoxy) is 1. The van der Waals surface area contributed by atoms with Gasteiger partial charge in [0.1, 0.15) is 0 Å². The van der Waals surface area contributed by atoms with Crippen LogP contribution in [-0.2, 0) is 4.74 Å². The molecule has 1 atom stereocenters. The molecule has 4 nitrogen and oxygen atoms in total. The molecule has 0 heterocycles. The summed E-state index contributed by atoms with van der Waals surface area (Å²) in [7, 11) is 0. The molecule has 0 bridgehead atoms. The van der Waals surface area contributed by atoms with Crippen molar-refractivity contribution in [3.63, 3.8) is 0 Å². The maximum absolute atomic E-state index is 9.37. The maximum atomic E-state index is 9.37. The monoisotopic (exact) mass is 191 g/mol. The number of nitrogens with one attached hydrogen (secondary N) is 1. The Morgan fingerprint density at radius 3 is 2.46 bits per heavy atom. The molecule has 0 aliphatic rings. The normalized spacial score (nSPS) is 14.5. The molecular formula is C9H21NO3. The molecule has 0 aromatic carbocycles. The van der Waals surface area contributed by atoms with Gasteiger partial charge in [-0.05, 0) is 20.8 Å². The van der Waals surface area contributed by atoms with Crippen LogP contribution in [0.15, 0.2) is 0 Å². The summed E-state index contributed by atoms with van der Waals surface area (Å²) >= 11 is 0. The van der Waals surface area contributed by atoms with Crippen molar-refractivity contribution in [1.29, 1.82) is 0 Å². The van der Waals surface area contributed by atoms with Crippen LogP contribution in [0.4, 0.5) is 0 Å². The molecule has 0 aromatic rings. The van der Waals surface area contributed by atoms with Crippen molar-refractivity contribution >= 4 is 0 Å². The number of aliphatic hydroxyl groups is 2. The van der Waals surface area contributed by atoms with E-state index in [1.807, 2.05) is 20.8 Å². The Bertz CT molecular complexity index is 123. The Hall–Kier alpha value is -0.160. The van der Waals surface area contributed by atoms with Crippen LogP contribution in [0.25, 0.3) is 0 Å². The fraction of sp³-hybridized carbons (Fsp3) is 1.00. The van der Waals surface area contributed by atoms with Gasteiger partial charge in [0.05, 0.1) is 24.9 Å². The molecule has 0 aromatic heterocycles. The van der Waals surface area contributed by atoms with Gasteiger partial charge in [-0.2, -0.15) is 0 Å². The maximum Gasteiger partial charge on any atom is 0.0897 e. The average Bonchev–Trinajstić information content (AvgIpc) is 2.00. The van der Waals surface area contributed by atoms with Crippen LogP contribution in [-0.4, -0.2) is 48.2 Å². The minimum atomic E-state index is -0.509. The molecule has 80 valence electrons. The minimum absolute atomic E-state index is 0.0901. The first-order valence-electron chi connectivity index (χ1n) is 4.59. The van der Waals surface area contributed by atoms with Crippen LogP contribution in [0.1, 0.15) is 20.8 Å². The molecule has 0 spiro atoms. The van der Waals surface area contributed by atoms with Crippen LogP contribution in [0.3, 0.4) is 0 Å². The summed E-state index contributed by atoms with van der Waals surface area (Å²) in [6.07, 6.45) is -0.509. The molecule has 13 heavy (non-hydrogen) atoms. The van der Waals surface area contributed by atoms with E-state index in [-0.39, 0.29) is 12.2 Å². The first kappa shape index (κ1) is 12.8. The van der Waals surface area contributed by atoms with Crippen molar-refractivity contribution in [1.82, 2.24) is 5.32 Å². The van der Waals surface area contributed by atoms with Crippen LogP contribution < -0.4 is 5.32 Å². The predicted octanol–water partition coefficient (Wildman–Crippen LogP) is -0.256. The van der Waals surface area contributed by atoms with Crippen LogP contribution in [0, 0.1) is 0 Å². The quantitative estimate of drug-likeness (QED) is 0.506. The second kappa shape index (κ2) is 6.32. The second-order valence-electron chi connectivity index (χ2n) is 4.00. The third-order valence-electron chi connectivity index (χ3n) is 1.38. The van der Waals surface area contributed by atoms with Crippen molar-refractivity contribution in [2.24, 2.45) is 0 Å². The first-order valence-corrected chi connectivity index (χ1v) is 4.59. The molecule has 0 aliphatic heterocycles. The lowest BCUT2D eigenvalue weighted by molar-refractivity contribution is -0.0479. The van der Waals surface area contributed by atoms with Gasteiger partial charge in [-0.3, -0.25) is 0 Å². The van der Waals surface area contributed by atoms with E-state index in [0.717, 1.165) is 0 Å². The van der Waals surface area contributed by atoms with E-state index < -0.39 is 6.10 Å². The summed E-state index contributed by atoms with van der Waals surface area (Å²) in [4.78, 5) is 0. The van der Waals surface area contributed by atoms with Gasteiger partial charge < -0.3 is 20.3 Å². The first-order chi connectivity index (χ1) is 5.95. The summed E-state index contributed by atoms with van der Waals surface area (Å²) in [5.41, 5.74) is -0.210. The number of aliphatic hydroxyl groups excluding tert-OH is 2. The topological polar surface area (TPSA) is 61.7 Å². The van der Waals surface area contributed by atoms with Gasteiger partial charge in [-0.25, -0.2) is 0 Å². The van der Waals surface area contributed by atoms with Crippen LogP contribution >= 0.6 is 0 Å². The highest BCUT2D eigenvalue weighted by molar-refractivity contribution is 4.63. The van der Waals surface area contributed by atoms with Crippen molar-refractivity contribution in [2.75, 3.05) is 26.3 Å². The molecule has 0 aliphatic carbocycles. The largest absolute Gasteiger partial charge is 0.395 e. The van der Waals surface area contributed by atoms with Crippen molar-refractivity contribution in [3.8, 4) is 0 Å². The molecule has 0 rings (SSSR count). The van der Waals surface area contributed by atoms with E-state index in [0.29, 0.717) is 19.7 Å². The SMILES string of the molecule is CC(C)(C)OCC(O)CNCCO. The standard InChI is InChI=1S/C9H21NO3/c1-9(2,3)13-7-8(12)6-10-4-5-11/h8,10-12H,4-7H2,1-3H3. The van der Waals surface area contributed by atoms with Gasteiger partial charge >= 0.3 is 0 Å². The molecule has 1 unspecified atom stereocenters. The lowest BCUT2D eigenvalue weighted by atomic mass is 10.2. The lowest BCUT2D eigenvalue weighted by Crippen LogP contribution is -2.34. The Kier molecular flexibility index (Phi) is 6.24. The highest BCUT2D eigenvalue weighted by Gasteiger charge is 2.12. The summed E-state index contributed by atoms with van der Waals surface area (Å²) in [5.74, 6) is 0. The highest BCUT2D eigenvalue weighted by Crippen LogP contribution is 2.06. The van der Waals surface area contributed by atoms with E-state index in [2.05, 4.69) is 5.32 Å². The Balaban J connectivity index is 3.35. The Labute approximate surface area is 79.9 Å². The zero-order chi connectivity index (χ0) is 10.3. The van der Waals surface area contributed by atoms with Crippen LogP contribution in [0.2, 0.25) is 0 Å². The van der Waals surface area contributed by atoms with Crippen molar-refractivity contribution in [2.45, 2.75) is 32.5 Å². The highest BCUT2D eigenvalue weighted by atomic mass is 16.5. The molecule has 0 saturated carbocycles. The van der Waals surface area contributed by atoms with Gasteiger partial charge in [-0.1, -0.05) is 0 Å². The van der Waals surface area contributed by atoms with E-state index in [1.54, 1.807) is 0 Å². The number of hydrogen-bond donors (Lipinski definition) is 3. The lowest BCUT2D eigenvalue weighted by Gasteiger charge is -2.22. The van der Waals surface area contributed by atoms with Crippen LogP contribution in [0.5, 0.6) is 0 Å². The van der Waals surface area contributed by atoms with Gasteiger partial charge in [0, 0.05) is 13.1 Å². The summed E-state index contributed by atoms with van der Waals surface area (Å²) in [5, 5.41) is 20.7. The third-order valence-corrected chi connectivity index (χ3v) is 1.38. The number of rotatable bonds is 6. The average molecular weight is 191 g/mol. The summed E-state index contributed by atoms with van der Waals surface area (Å²) in [6.45, 7) is 7.21. The van der Waals surface area contributed by atoms with Gasteiger partial charge in [0.15, 0.2) is 0 Å². The van der Waals surface area contributed by atoms with Crippen molar-refractivity contribution in [3.05, 3.63) is 0 Å². The fourth-order valence-corrected chi connectivity index (χ4v) is 0.753. The van der Waals surface area contributed by atoms with E-state index in [4.69, 9.17) is 9.84 Å². The zero-order valence-corrected chi connectivity index (χ0v) is 8.71. The minimum Gasteiger partial charge on any atom is -0.395 e. The van der Waals surface area contributed by atoms with Crippen molar-refractivity contribution < 1.29 is 14.9 Å². The van der Waals surface area contributed by atoms with Gasteiger partial charge in [0.25, 0.3) is 0 Å². The molecule has 0 saturated heterocycles. The summed E-state index contributed by atoms with van der Waals surface area (Å²) < 4.78 is 5.37. The molecule has 0 fully saturated rings. The number of hydrogen-bond acceptors (Lipinski definition) is 4. The molecular weight excluding hydrogens is 170 g/mol. The van der Waals surface area contributed by atoms with Gasteiger partial charge in [0.2, 0.25) is 0 Å². The van der Waals surface area contributed by atoms with Gasteiger partial charge in [-0.15, -0.1) is 0 Å². The molecule has 0 radical (unpaired) electrons. The molecule has 4 heteroatoms.